The van der Waals surface area contributed by atoms with Crippen LogP contribution in [0.2, 0.25) is 5.02 Å². The largest absolute Gasteiger partial charge is 0.343 e. The van der Waals surface area contributed by atoms with Gasteiger partial charge in [-0.25, -0.2) is 0 Å². The van der Waals surface area contributed by atoms with Crippen LogP contribution in [-0.4, -0.2) is 33.1 Å². The predicted molar refractivity (Wildman–Crippen MR) is 108 cm³/mol. The quantitative estimate of drug-likeness (QED) is 0.706. The van der Waals surface area contributed by atoms with Crippen LogP contribution >= 0.6 is 11.6 Å². The van der Waals surface area contributed by atoms with E-state index in [2.05, 4.69) is 49.0 Å². The fourth-order valence-electron chi connectivity index (χ4n) is 3.93. The molecule has 2 aromatic carbocycles. The van der Waals surface area contributed by atoms with Gasteiger partial charge in [0.15, 0.2) is 5.82 Å². The molecule has 1 amide bonds. The summed E-state index contributed by atoms with van der Waals surface area (Å²) >= 11 is 6.34. The number of nitrogens with one attached hydrogen (secondary N) is 2. The number of aryl methyl sites for hydroxylation is 1. The summed E-state index contributed by atoms with van der Waals surface area (Å²) < 4.78 is 0. The monoisotopic (exact) mass is 396 g/mol. The topological polar surface area (TPSA) is 86.8 Å². The Morgan fingerprint density at radius 2 is 1.93 bits per heavy atom. The number of nitrogens with zero attached hydrogens (tertiary/aromatic N) is 4. The van der Waals surface area contributed by atoms with Crippen molar-refractivity contribution in [2.24, 2.45) is 0 Å². The van der Waals surface area contributed by atoms with Crippen molar-refractivity contribution in [3.05, 3.63) is 63.9 Å². The third-order valence-electron chi connectivity index (χ3n) is 5.14. The number of rotatable bonds is 4. The third-order valence-corrected chi connectivity index (χ3v) is 5.38. The number of aromatic nitrogens is 4. The lowest BCUT2D eigenvalue weighted by Gasteiger charge is -2.44. The van der Waals surface area contributed by atoms with Gasteiger partial charge in [-0.3, -0.25) is 4.79 Å². The smallest absolute Gasteiger partial charge is 0.217 e. The van der Waals surface area contributed by atoms with Gasteiger partial charge in [-0.2, -0.15) is 5.21 Å². The number of tetrazole rings is 1. The molecule has 0 fully saturated rings. The molecule has 0 radical (unpaired) electrons. The number of carbonyl (C=O) groups is 1. The molecule has 0 bridgehead atoms. The molecule has 3 aromatic rings. The lowest BCUT2D eigenvalue weighted by molar-refractivity contribution is -0.120. The van der Waals surface area contributed by atoms with Gasteiger partial charge in [0.25, 0.3) is 0 Å². The molecule has 144 valence electrons. The van der Waals surface area contributed by atoms with Crippen molar-refractivity contribution >= 4 is 28.9 Å². The minimum Gasteiger partial charge on any atom is -0.343 e. The van der Waals surface area contributed by atoms with Crippen LogP contribution < -0.4 is 10.2 Å². The van der Waals surface area contributed by atoms with Gasteiger partial charge >= 0.3 is 0 Å². The standard InChI is InChI=1S/C20H21ClN6O/c1-12-4-6-17-15(10-12)20(3,22-13(2)28)16-11-14(21)5-7-18(16)27(17)9-8-19-23-25-26-24-19/h4-7,10-11H,8-9H2,1-3H3,(H,22,28)(H,23,24,25,26). The summed E-state index contributed by atoms with van der Waals surface area (Å²) in [5, 5.41) is 18.0. The Morgan fingerprint density at radius 3 is 2.61 bits per heavy atom. The molecule has 0 saturated carbocycles. The number of hydrogen-bond acceptors (Lipinski definition) is 5. The van der Waals surface area contributed by atoms with Crippen LogP contribution in [0.1, 0.15) is 36.4 Å². The van der Waals surface area contributed by atoms with E-state index in [0.717, 1.165) is 28.1 Å². The highest BCUT2D eigenvalue weighted by Gasteiger charge is 2.40. The number of halogens is 1. The van der Waals surface area contributed by atoms with Crippen molar-refractivity contribution in [3.8, 4) is 0 Å². The second-order valence-electron chi connectivity index (χ2n) is 7.22. The summed E-state index contributed by atoms with van der Waals surface area (Å²) in [5.41, 5.74) is 4.47. The van der Waals surface area contributed by atoms with Gasteiger partial charge in [0.1, 0.15) is 0 Å². The maximum Gasteiger partial charge on any atom is 0.217 e. The van der Waals surface area contributed by atoms with Crippen LogP contribution in [0.4, 0.5) is 11.4 Å². The Balaban J connectivity index is 1.88. The Kier molecular flexibility index (Phi) is 4.55. The molecule has 2 heterocycles. The fraction of sp³-hybridized carbons (Fsp3) is 0.300. The zero-order valence-corrected chi connectivity index (χ0v) is 16.7. The van der Waals surface area contributed by atoms with Crippen LogP contribution in [0.15, 0.2) is 36.4 Å². The van der Waals surface area contributed by atoms with Crippen LogP contribution in [0, 0.1) is 6.92 Å². The number of benzene rings is 2. The fourth-order valence-corrected chi connectivity index (χ4v) is 4.10. The van der Waals surface area contributed by atoms with Gasteiger partial charge in [-0.15, -0.1) is 10.2 Å². The van der Waals surface area contributed by atoms with Gasteiger partial charge in [-0.05, 0) is 38.1 Å². The van der Waals surface area contributed by atoms with E-state index in [1.807, 2.05) is 32.0 Å². The molecule has 1 aliphatic rings. The van der Waals surface area contributed by atoms with Crippen LogP contribution in [0.3, 0.4) is 0 Å². The van der Waals surface area contributed by atoms with Gasteiger partial charge in [-0.1, -0.05) is 34.5 Å². The summed E-state index contributed by atoms with van der Waals surface area (Å²) in [7, 11) is 0. The first-order chi connectivity index (χ1) is 13.4. The highest BCUT2D eigenvalue weighted by molar-refractivity contribution is 6.30. The lowest BCUT2D eigenvalue weighted by Crippen LogP contribution is -2.47. The Hall–Kier alpha value is -2.93. The predicted octanol–water partition coefficient (Wildman–Crippen LogP) is 3.26. The molecule has 0 aliphatic carbocycles. The van der Waals surface area contributed by atoms with Crippen molar-refractivity contribution in [1.29, 1.82) is 0 Å². The number of hydrogen-bond donors (Lipinski definition) is 2. The summed E-state index contributed by atoms with van der Waals surface area (Å²) in [6.07, 6.45) is 0.628. The molecule has 1 unspecified atom stereocenters. The molecule has 1 aliphatic heterocycles. The summed E-state index contributed by atoms with van der Waals surface area (Å²) in [5.74, 6) is 0.556. The Morgan fingerprint density at radius 1 is 1.21 bits per heavy atom. The summed E-state index contributed by atoms with van der Waals surface area (Å²) in [4.78, 5) is 14.3. The average molecular weight is 397 g/mol. The summed E-state index contributed by atoms with van der Waals surface area (Å²) in [6.45, 7) is 6.28. The van der Waals surface area contributed by atoms with Gasteiger partial charge in [0.05, 0.1) is 5.54 Å². The van der Waals surface area contributed by atoms with E-state index in [9.17, 15) is 4.79 Å². The maximum absolute atomic E-state index is 12.1. The molecule has 7 nitrogen and oxygen atoms in total. The minimum atomic E-state index is -0.684. The highest BCUT2D eigenvalue weighted by Crippen LogP contribution is 2.48. The number of fused-ring (bicyclic) bond motifs is 2. The lowest BCUT2D eigenvalue weighted by atomic mass is 9.78. The Labute approximate surface area is 168 Å². The summed E-state index contributed by atoms with van der Waals surface area (Å²) in [6, 6.07) is 12.1. The molecule has 2 N–H and O–H groups in total. The number of aromatic amines is 1. The first-order valence-electron chi connectivity index (χ1n) is 9.08. The molecule has 4 rings (SSSR count). The van der Waals surface area contributed by atoms with Crippen molar-refractivity contribution in [3.63, 3.8) is 0 Å². The highest BCUT2D eigenvalue weighted by atomic mass is 35.5. The van der Waals surface area contributed by atoms with E-state index in [1.165, 1.54) is 6.92 Å². The first-order valence-corrected chi connectivity index (χ1v) is 9.46. The Bertz CT molecular complexity index is 980. The molecular formula is C20H21ClN6O. The molecule has 1 atom stereocenters. The number of anilines is 2. The van der Waals surface area contributed by atoms with Crippen molar-refractivity contribution in [2.45, 2.75) is 32.7 Å². The van der Waals surface area contributed by atoms with Crippen molar-refractivity contribution in [2.75, 3.05) is 11.4 Å². The van der Waals surface area contributed by atoms with E-state index in [0.29, 0.717) is 23.8 Å². The molecule has 0 spiro atoms. The van der Waals surface area contributed by atoms with Crippen LogP contribution in [-0.2, 0) is 16.8 Å². The average Bonchev–Trinajstić information content (AvgIpc) is 3.15. The van der Waals surface area contributed by atoms with E-state index in [4.69, 9.17) is 11.6 Å². The van der Waals surface area contributed by atoms with E-state index < -0.39 is 5.54 Å². The van der Waals surface area contributed by atoms with Gasteiger partial charge < -0.3 is 10.2 Å². The molecule has 0 saturated heterocycles. The number of H-pyrrole nitrogens is 1. The maximum atomic E-state index is 12.1. The van der Waals surface area contributed by atoms with Crippen LogP contribution in [0.5, 0.6) is 0 Å². The van der Waals surface area contributed by atoms with E-state index in [-0.39, 0.29) is 5.91 Å². The SMILES string of the molecule is CC(=O)NC1(C)c2cc(C)ccc2N(CCc2nn[nH]n2)c2ccc(Cl)cc21. The van der Waals surface area contributed by atoms with E-state index >= 15 is 0 Å². The number of carbonyl (C=O) groups excluding carboxylic acids is 1. The normalized spacial score (nSPS) is 17.8. The first kappa shape index (κ1) is 18.4. The van der Waals surface area contributed by atoms with Gasteiger partial charge in [0.2, 0.25) is 5.91 Å². The van der Waals surface area contributed by atoms with Gasteiger partial charge in [0, 0.05) is 47.4 Å². The van der Waals surface area contributed by atoms with Crippen LogP contribution in [0.25, 0.3) is 0 Å². The molecule has 1 aromatic heterocycles. The molecule has 28 heavy (non-hydrogen) atoms. The second kappa shape index (κ2) is 6.91. The van der Waals surface area contributed by atoms with Crippen molar-refractivity contribution < 1.29 is 4.79 Å². The third kappa shape index (κ3) is 3.11. The second-order valence-corrected chi connectivity index (χ2v) is 7.65. The zero-order valence-electron chi connectivity index (χ0n) is 16.0. The molecule has 8 heteroatoms. The molecular weight excluding hydrogens is 376 g/mol. The minimum absolute atomic E-state index is 0.0962. The van der Waals surface area contributed by atoms with E-state index in [1.54, 1.807) is 0 Å². The number of amides is 1. The van der Waals surface area contributed by atoms with Crippen molar-refractivity contribution in [1.82, 2.24) is 25.9 Å². The zero-order chi connectivity index (χ0) is 19.9.